The highest BCUT2D eigenvalue weighted by Gasteiger charge is 2.45. The smallest absolute Gasteiger partial charge is 0.481 e. The first-order valence-electron chi connectivity index (χ1n) is 5.32. The molecule has 0 aromatic heterocycles. The summed E-state index contributed by atoms with van der Waals surface area (Å²) in [4.78, 5) is 11.0. The maximum Gasteiger partial charge on any atom is 0.586 e. The number of hydrogen-bond donors (Lipinski definition) is 1. The van der Waals surface area contributed by atoms with Gasteiger partial charge in [0, 0.05) is 0 Å². The molecule has 0 amide bonds. The molecule has 1 aromatic carbocycles. The number of rotatable bonds is 3. The first-order valence-corrected chi connectivity index (χ1v) is 5.32. The van der Waals surface area contributed by atoms with Gasteiger partial charge in [0.1, 0.15) is 0 Å². The van der Waals surface area contributed by atoms with Gasteiger partial charge in [0.05, 0.1) is 5.41 Å². The molecule has 1 heterocycles. The molecule has 0 fully saturated rings. The van der Waals surface area contributed by atoms with Gasteiger partial charge in [-0.1, -0.05) is 12.1 Å². The van der Waals surface area contributed by atoms with Gasteiger partial charge in [0.25, 0.3) is 0 Å². The van der Waals surface area contributed by atoms with E-state index in [4.69, 9.17) is 5.11 Å². The molecule has 1 aliphatic heterocycles. The highest BCUT2D eigenvalue weighted by Crippen LogP contribution is 2.44. The summed E-state index contributed by atoms with van der Waals surface area (Å²) in [6.45, 7) is 3.03. The summed E-state index contributed by atoms with van der Waals surface area (Å²) >= 11 is 0. The van der Waals surface area contributed by atoms with Crippen LogP contribution in [0.25, 0.3) is 0 Å². The molecule has 0 radical (unpaired) electrons. The standard InChI is InChI=1S/C12H12F2O4/c1-11(2,10(15)16)6-7-4-3-5-8-9(7)18-12(13,14)17-8/h3-5H,6H2,1-2H3,(H,15,16). The molecule has 0 unspecified atom stereocenters. The summed E-state index contributed by atoms with van der Waals surface area (Å²) in [6, 6.07) is 4.43. The van der Waals surface area contributed by atoms with E-state index in [9.17, 15) is 13.6 Å². The Balaban J connectivity index is 2.33. The molecule has 18 heavy (non-hydrogen) atoms. The number of aliphatic carboxylic acids is 1. The Morgan fingerprint density at radius 3 is 2.67 bits per heavy atom. The molecule has 0 bridgehead atoms. The molecule has 4 nitrogen and oxygen atoms in total. The zero-order chi connectivity index (χ0) is 13.6. The number of fused-ring (bicyclic) bond motifs is 1. The quantitative estimate of drug-likeness (QED) is 0.905. The van der Waals surface area contributed by atoms with Crippen molar-refractivity contribution in [2.45, 2.75) is 26.6 Å². The number of para-hydroxylation sites is 1. The highest BCUT2D eigenvalue weighted by atomic mass is 19.3. The maximum absolute atomic E-state index is 12.9. The van der Waals surface area contributed by atoms with Gasteiger partial charge in [-0.2, -0.15) is 0 Å². The summed E-state index contributed by atoms with van der Waals surface area (Å²) in [5.74, 6) is -1.17. The van der Waals surface area contributed by atoms with Gasteiger partial charge < -0.3 is 14.6 Å². The lowest BCUT2D eigenvalue weighted by atomic mass is 9.85. The monoisotopic (exact) mass is 258 g/mol. The molecule has 0 atom stereocenters. The van der Waals surface area contributed by atoms with Gasteiger partial charge in [-0.05, 0) is 31.9 Å². The molecule has 0 aliphatic carbocycles. The van der Waals surface area contributed by atoms with Crippen LogP contribution in [0.15, 0.2) is 18.2 Å². The molecule has 0 saturated heterocycles. The zero-order valence-electron chi connectivity index (χ0n) is 9.87. The van der Waals surface area contributed by atoms with Crippen LogP contribution in [-0.2, 0) is 11.2 Å². The van der Waals surface area contributed by atoms with E-state index in [1.807, 2.05) is 0 Å². The Labute approximate surface area is 102 Å². The topological polar surface area (TPSA) is 55.8 Å². The summed E-state index contributed by atoms with van der Waals surface area (Å²) in [5.41, 5.74) is -0.687. The van der Waals surface area contributed by atoms with Crippen molar-refractivity contribution in [1.82, 2.24) is 0 Å². The lowest BCUT2D eigenvalue weighted by molar-refractivity contribution is -0.287. The van der Waals surface area contributed by atoms with Gasteiger partial charge in [-0.3, -0.25) is 4.79 Å². The van der Waals surface area contributed by atoms with Crippen molar-refractivity contribution in [2.75, 3.05) is 0 Å². The van der Waals surface area contributed by atoms with Crippen LogP contribution in [0.2, 0.25) is 0 Å². The first kappa shape index (κ1) is 12.6. The van der Waals surface area contributed by atoms with Crippen molar-refractivity contribution < 1.29 is 28.2 Å². The maximum atomic E-state index is 12.9. The normalized spacial score (nSPS) is 16.7. The van der Waals surface area contributed by atoms with Crippen molar-refractivity contribution >= 4 is 5.97 Å². The van der Waals surface area contributed by atoms with Crippen LogP contribution in [0.1, 0.15) is 19.4 Å². The molecular formula is C12H12F2O4. The third-order valence-corrected chi connectivity index (χ3v) is 2.72. The number of alkyl halides is 2. The Kier molecular flexibility index (Phi) is 2.68. The number of ether oxygens (including phenoxy) is 2. The molecule has 98 valence electrons. The van der Waals surface area contributed by atoms with Gasteiger partial charge in [0.2, 0.25) is 0 Å². The van der Waals surface area contributed by atoms with Crippen molar-refractivity contribution in [3.63, 3.8) is 0 Å². The van der Waals surface area contributed by atoms with E-state index in [1.54, 1.807) is 6.07 Å². The molecule has 1 N–H and O–H groups in total. The van der Waals surface area contributed by atoms with E-state index < -0.39 is 17.7 Å². The van der Waals surface area contributed by atoms with Gasteiger partial charge in [-0.15, -0.1) is 8.78 Å². The number of halogens is 2. The van der Waals surface area contributed by atoms with Gasteiger partial charge in [-0.25, -0.2) is 0 Å². The van der Waals surface area contributed by atoms with Crippen molar-refractivity contribution in [1.29, 1.82) is 0 Å². The van der Waals surface area contributed by atoms with Crippen LogP contribution in [0.5, 0.6) is 11.5 Å². The second kappa shape index (κ2) is 3.83. The van der Waals surface area contributed by atoms with Crippen LogP contribution < -0.4 is 9.47 Å². The van der Waals surface area contributed by atoms with Crippen molar-refractivity contribution in [3.8, 4) is 11.5 Å². The molecule has 6 heteroatoms. The fourth-order valence-corrected chi connectivity index (χ4v) is 1.72. The van der Waals surface area contributed by atoms with Gasteiger partial charge >= 0.3 is 12.3 Å². The van der Waals surface area contributed by atoms with E-state index in [0.29, 0.717) is 5.56 Å². The Bertz CT molecular complexity index is 497. The molecule has 0 spiro atoms. The minimum atomic E-state index is -3.69. The van der Waals surface area contributed by atoms with Crippen molar-refractivity contribution in [3.05, 3.63) is 23.8 Å². The van der Waals surface area contributed by atoms with E-state index >= 15 is 0 Å². The first-order chi connectivity index (χ1) is 8.21. The lowest BCUT2D eigenvalue weighted by Crippen LogP contribution is -2.27. The predicted octanol–water partition coefficient (Wildman–Crippen LogP) is 2.66. The Morgan fingerprint density at radius 2 is 2.06 bits per heavy atom. The second-order valence-corrected chi connectivity index (χ2v) is 4.78. The van der Waals surface area contributed by atoms with Crippen LogP contribution in [0, 0.1) is 5.41 Å². The average Bonchev–Trinajstić information content (AvgIpc) is 2.52. The fraction of sp³-hybridized carbons (Fsp3) is 0.417. The van der Waals surface area contributed by atoms with Crippen LogP contribution in [-0.4, -0.2) is 17.4 Å². The summed E-state index contributed by atoms with van der Waals surface area (Å²) in [5, 5.41) is 9.03. The number of carboxylic acids is 1. The lowest BCUT2D eigenvalue weighted by Gasteiger charge is -2.19. The minimum absolute atomic E-state index is 0.0707. The van der Waals surface area contributed by atoms with Gasteiger partial charge in [0.15, 0.2) is 11.5 Å². The summed E-state index contributed by atoms with van der Waals surface area (Å²) in [6.07, 6.45) is -3.61. The van der Waals surface area contributed by atoms with E-state index in [1.165, 1.54) is 26.0 Å². The molecule has 1 aliphatic rings. The van der Waals surface area contributed by atoms with Crippen LogP contribution >= 0.6 is 0 Å². The van der Waals surface area contributed by atoms with Crippen LogP contribution in [0.3, 0.4) is 0 Å². The minimum Gasteiger partial charge on any atom is -0.481 e. The molecule has 2 rings (SSSR count). The number of carboxylic acid groups (broad SMARTS) is 1. The van der Waals surface area contributed by atoms with E-state index in [-0.39, 0.29) is 17.9 Å². The fourth-order valence-electron chi connectivity index (χ4n) is 1.72. The third-order valence-electron chi connectivity index (χ3n) is 2.72. The van der Waals surface area contributed by atoms with Crippen molar-refractivity contribution in [2.24, 2.45) is 5.41 Å². The second-order valence-electron chi connectivity index (χ2n) is 4.78. The molecule has 0 saturated carbocycles. The predicted molar refractivity (Wildman–Crippen MR) is 57.8 cm³/mol. The molecule has 1 aromatic rings. The number of benzene rings is 1. The summed E-state index contributed by atoms with van der Waals surface area (Å²) in [7, 11) is 0. The largest absolute Gasteiger partial charge is 0.586 e. The highest BCUT2D eigenvalue weighted by molar-refractivity contribution is 5.74. The SMILES string of the molecule is CC(C)(Cc1cccc2c1OC(F)(F)O2)C(=O)O. The van der Waals surface area contributed by atoms with Crippen LogP contribution in [0.4, 0.5) is 8.78 Å². The van der Waals surface area contributed by atoms with E-state index in [0.717, 1.165) is 0 Å². The number of carbonyl (C=O) groups is 1. The third kappa shape index (κ3) is 2.23. The number of hydrogen-bond acceptors (Lipinski definition) is 3. The Hall–Kier alpha value is -1.85. The van der Waals surface area contributed by atoms with E-state index in [2.05, 4.69) is 9.47 Å². The average molecular weight is 258 g/mol. The molecular weight excluding hydrogens is 246 g/mol. The summed E-state index contributed by atoms with van der Waals surface area (Å²) < 4.78 is 34.6. The Morgan fingerprint density at radius 1 is 1.39 bits per heavy atom. The zero-order valence-corrected chi connectivity index (χ0v) is 9.87.